The minimum absolute atomic E-state index is 0.0366. The van der Waals surface area contributed by atoms with Gasteiger partial charge in [0.15, 0.2) is 5.76 Å². The first kappa shape index (κ1) is 15.9. The summed E-state index contributed by atoms with van der Waals surface area (Å²) >= 11 is 0. The van der Waals surface area contributed by atoms with Crippen LogP contribution in [0.3, 0.4) is 0 Å². The van der Waals surface area contributed by atoms with E-state index < -0.39 is 12.5 Å². The summed E-state index contributed by atoms with van der Waals surface area (Å²) < 4.78 is 33.4. The number of hydrogen-bond acceptors (Lipinski definition) is 4. The first-order valence-corrected chi connectivity index (χ1v) is 6.72. The van der Waals surface area contributed by atoms with Gasteiger partial charge in [-0.15, -0.1) is 0 Å². The predicted molar refractivity (Wildman–Crippen MR) is 76.0 cm³/mol. The van der Waals surface area contributed by atoms with Gasteiger partial charge in [0.25, 0.3) is 5.88 Å². The van der Waals surface area contributed by atoms with Crippen LogP contribution in [0.4, 0.5) is 14.5 Å². The molecule has 22 heavy (non-hydrogen) atoms. The third kappa shape index (κ3) is 4.28. The Bertz CT molecular complexity index is 656. The first-order valence-electron chi connectivity index (χ1n) is 6.72. The molecule has 7 heteroatoms. The molecule has 0 radical (unpaired) electrons. The molecule has 1 aromatic heterocycles. The highest BCUT2D eigenvalue weighted by Crippen LogP contribution is 2.28. The second kappa shape index (κ2) is 7.02. The average Bonchev–Trinajstić information content (AvgIpc) is 2.77. The lowest BCUT2D eigenvalue weighted by molar-refractivity contribution is -0.116. The fourth-order valence-electron chi connectivity index (χ4n) is 1.99. The number of nitrogens with one attached hydrogen (secondary N) is 1. The number of alkyl halides is 2. The molecule has 1 heterocycles. The lowest BCUT2D eigenvalue weighted by Gasteiger charge is -2.06. The van der Waals surface area contributed by atoms with Crippen LogP contribution in [0.15, 0.2) is 28.8 Å². The maximum Gasteiger partial charge on any atom is 0.388 e. The number of nitrogens with zero attached hydrogens (tertiary/aromatic N) is 1. The van der Waals surface area contributed by atoms with E-state index in [4.69, 9.17) is 4.52 Å². The van der Waals surface area contributed by atoms with Crippen molar-refractivity contribution in [2.24, 2.45) is 0 Å². The van der Waals surface area contributed by atoms with Crippen LogP contribution in [-0.2, 0) is 11.2 Å². The molecule has 0 aliphatic carbocycles. The Morgan fingerprint density at radius 3 is 2.86 bits per heavy atom. The molecule has 118 valence electrons. The molecule has 0 saturated heterocycles. The summed E-state index contributed by atoms with van der Waals surface area (Å²) in [7, 11) is 0. The van der Waals surface area contributed by atoms with Gasteiger partial charge >= 0.3 is 6.61 Å². The maximum absolute atomic E-state index is 12.2. The van der Waals surface area contributed by atoms with Gasteiger partial charge in [-0.05, 0) is 31.0 Å². The van der Waals surface area contributed by atoms with Crippen LogP contribution in [-0.4, -0.2) is 17.7 Å². The maximum atomic E-state index is 12.2. The highest BCUT2D eigenvalue weighted by molar-refractivity contribution is 5.92. The van der Waals surface area contributed by atoms with Gasteiger partial charge in [-0.25, -0.2) is 0 Å². The van der Waals surface area contributed by atoms with Gasteiger partial charge in [0.1, 0.15) is 5.69 Å². The van der Waals surface area contributed by atoms with Crippen molar-refractivity contribution >= 4 is 11.6 Å². The Hall–Kier alpha value is -2.44. The third-order valence-corrected chi connectivity index (χ3v) is 3.02. The Morgan fingerprint density at radius 2 is 2.18 bits per heavy atom. The zero-order valence-electron chi connectivity index (χ0n) is 12.2. The van der Waals surface area contributed by atoms with E-state index in [0.29, 0.717) is 6.42 Å². The van der Waals surface area contributed by atoms with E-state index in [9.17, 15) is 13.6 Å². The average molecular weight is 310 g/mol. The van der Waals surface area contributed by atoms with Crippen molar-refractivity contribution in [3.05, 3.63) is 41.2 Å². The molecule has 0 aliphatic rings. The number of anilines is 1. The van der Waals surface area contributed by atoms with Crippen LogP contribution in [0, 0.1) is 13.8 Å². The number of carbonyl (C=O) groups is 1. The Morgan fingerprint density at radius 1 is 1.41 bits per heavy atom. The van der Waals surface area contributed by atoms with Crippen LogP contribution < -0.4 is 10.1 Å². The SMILES string of the molecule is Cc1cccc(CCC(=O)Nc2c(OC(F)F)noc2C)c1. The van der Waals surface area contributed by atoms with Crippen molar-refractivity contribution < 1.29 is 22.8 Å². The molecule has 1 N–H and O–H groups in total. The number of aromatic nitrogens is 1. The fourth-order valence-corrected chi connectivity index (χ4v) is 1.99. The molecule has 0 unspecified atom stereocenters. The van der Waals surface area contributed by atoms with E-state index >= 15 is 0 Å². The van der Waals surface area contributed by atoms with E-state index in [0.717, 1.165) is 11.1 Å². The summed E-state index contributed by atoms with van der Waals surface area (Å²) in [4.78, 5) is 11.9. The lowest BCUT2D eigenvalue weighted by atomic mass is 10.1. The number of amides is 1. The minimum atomic E-state index is -3.03. The summed E-state index contributed by atoms with van der Waals surface area (Å²) in [6.45, 7) is 0.437. The largest absolute Gasteiger partial charge is 0.412 e. The monoisotopic (exact) mass is 310 g/mol. The van der Waals surface area contributed by atoms with Crippen LogP contribution >= 0.6 is 0 Å². The molecule has 0 spiro atoms. The molecule has 0 aliphatic heterocycles. The van der Waals surface area contributed by atoms with Gasteiger partial charge in [0.05, 0.1) is 0 Å². The summed E-state index contributed by atoms with van der Waals surface area (Å²) in [6, 6.07) is 7.80. The van der Waals surface area contributed by atoms with Gasteiger partial charge in [0, 0.05) is 6.42 Å². The number of benzene rings is 1. The molecule has 2 rings (SSSR count). The molecule has 0 saturated carbocycles. The lowest BCUT2D eigenvalue weighted by Crippen LogP contribution is -2.14. The fraction of sp³-hybridized carbons (Fsp3) is 0.333. The van der Waals surface area contributed by atoms with Crippen LogP contribution in [0.25, 0.3) is 0 Å². The van der Waals surface area contributed by atoms with Gasteiger partial charge in [-0.1, -0.05) is 29.8 Å². The molecule has 1 amide bonds. The summed E-state index contributed by atoms with van der Waals surface area (Å²) in [5.41, 5.74) is 2.18. The van der Waals surface area contributed by atoms with Gasteiger partial charge in [0.2, 0.25) is 5.91 Å². The molecule has 0 atom stereocenters. The molecular formula is C15H16F2N2O3. The van der Waals surface area contributed by atoms with Crippen molar-refractivity contribution in [3.63, 3.8) is 0 Å². The molecule has 0 fully saturated rings. The summed E-state index contributed by atoms with van der Waals surface area (Å²) in [5, 5.41) is 5.84. The second-order valence-electron chi connectivity index (χ2n) is 4.83. The zero-order chi connectivity index (χ0) is 16.1. The smallest absolute Gasteiger partial charge is 0.388 e. The minimum Gasteiger partial charge on any atom is -0.412 e. The highest BCUT2D eigenvalue weighted by Gasteiger charge is 2.19. The number of carbonyl (C=O) groups excluding carboxylic acids is 1. The molecular weight excluding hydrogens is 294 g/mol. The van der Waals surface area contributed by atoms with Crippen LogP contribution in [0.5, 0.6) is 5.88 Å². The normalized spacial score (nSPS) is 10.8. The number of halogens is 2. The van der Waals surface area contributed by atoms with Crippen molar-refractivity contribution in [2.45, 2.75) is 33.3 Å². The predicted octanol–water partition coefficient (Wildman–Crippen LogP) is 3.46. The van der Waals surface area contributed by atoms with E-state index in [2.05, 4.69) is 15.2 Å². The van der Waals surface area contributed by atoms with E-state index in [-0.39, 0.29) is 23.8 Å². The molecule has 2 aromatic rings. The third-order valence-electron chi connectivity index (χ3n) is 3.02. The number of hydrogen-bond donors (Lipinski definition) is 1. The van der Waals surface area contributed by atoms with E-state index in [1.165, 1.54) is 6.92 Å². The van der Waals surface area contributed by atoms with Crippen molar-refractivity contribution in [1.82, 2.24) is 5.16 Å². The topological polar surface area (TPSA) is 64.4 Å². The number of ether oxygens (including phenoxy) is 1. The molecule has 1 aromatic carbocycles. The van der Waals surface area contributed by atoms with Gasteiger partial charge in [-0.2, -0.15) is 8.78 Å². The van der Waals surface area contributed by atoms with Crippen molar-refractivity contribution in [1.29, 1.82) is 0 Å². The molecule has 5 nitrogen and oxygen atoms in total. The van der Waals surface area contributed by atoms with E-state index in [1.807, 2.05) is 31.2 Å². The summed E-state index contributed by atoms with van der Waals surface area (Å²) in [5.74, 6) is -0.539. The second-order valence-corrected chi connectivity index (χ2v) is 4.83. The van der Waals surface area contributed by atoms with Crippen LogP contribution in [0.2, 0.25) is 0 Å². The first-order chi connectivity index (χ1) is 10.5. The zero-order valence-corrected chi connectivity index (χ0v) is 12.2. The van der Waals surface area contributed by atoms with Crippen LogP contribution in [0.1, 0.15) is 23.3 Å². The van der Waals surface area contributed by atoms with E-state index in [1.54, 1.807) is 0 Å². The Labute approximate surface area is 126 Å². The Kier molecular flexibility index (Phi) is 5.08. The van der Waals surface area contributed by atoms with Crippen molar-refractivity contribution in [2.75, 3.05) is 5.32 Å². The summed E-state index contributed by atoms with van der Waals surface area (Å²) in [6.07, 6.45) is 0.755. The van der Waals surface area contributed by atoms with Crippen molar-refractivity contribution in [3.8, 4) is 5.88 Å². The number of aryl methyl sites for hydroxylation is 3. The van der Waals surface area contributed by atoms with Gasteiger partial charge < -0.3 is 14.6 Å². The molecule has 0 bridgehead atoms. The standard InChI is InChI=1S/C15H16F2N2O3/c1-9-4-3-5-11(8-9)6-7-12(20)18-13-10(2)22-19-14(13)21-15(16)17/h3-5,8,15H,6-7H2,1-2H3,(H,18,20). The Balaban J connectivity index is 1.96. The highest BCUT2D eigenvalue weighted by atomic mass is 19.3. The van der Waals surface area contributed by atoms with Gasteiger partial charge in [-0.3, -0.25) is 4.79 Å². The number of rotatable bonds is 6. The quantitative estimate of drug-likeness (QED) is 0.887.